The summed E-state index contributed by atoms with van der Waals surface area (Å²) >= 11 is 0. The fourth-order valence-corrected chi connectivity index (χ4v) is 4.62. The van der Waals surface area contributed by atoms with Crippen LogP contribution < -0.4 is 15.5 Å². The van der Waals surface area contributed by atoms with Gasteiger partial charge in [0.2, 0.25) is 17.6 Å². The van der Waals surface area contributed by atoms with Crippen molar-refractivity contribution in [3.05, 3.63) is 46.0 Å². The second-order valence-corrected chi connectivity index (χ2v) is 8.62. The average molecular weight is 427 g/mol. The molecule has 4 rings (SSSR count). The van der Waals surface area contributed by atoms with E-state index in [1.165, 1.54) is 5.56 Å². The van der Waals surface area contributed by atoms with Gasteiger partial charge in [-0.3, -0.25) is 10.1 Å². The van der Waals surface area contributed by atoms with Crippen LogP contribution in [0.4, 0.5) is 23.3 Å². The summed E-state index contributed by atoms with van der Waals surface area (Å²) in [4.78, 5) is 24.2. The SMILES string of the molecule is C[C@H]1CN(c2nc(N)c([N+](=O)[O-])c(N3CCC(Cc4ccccc4)CC3)n2)C[C@H](C)O1. The third-order valence-corrected chi connectivity index (χ3v) is 6.05. The molecule has 9 heteroatoms. The molecule has 2 atom stereocenters. The normalized spacial score (nSPS) is 22.5. The zero-order valence-corrected chi connectivity index (χ0v) is 18.1. The molecule has 0 radical (unpaired) electrons. The first-order valence-electron chi connectivity index (χ1n) is 10.9. The topological polar surface area (TPSA) is 111 Å². The highest BCUT2D eigenvalue weighted by molar-refractivity contribution is 5.71. The quantitative estimate of drug-likeness (QED) is 0.574. The van der Waals surface area contributed by atoms with Gasteiger partial charge in [-0.25, -0.2) is 0 Å². The molecule has 0 aliphatic carbocycles. The van der Waals surface area contributed by atoms with Gasteiger partial charge < -0.3 is 20.3 Å². The van der Waals surface area contributed by atoms with E-state index in [2.05, 4.69) is 34.2 Å². The van der Waals surface area contributed by atoms with Crippen molar-refractivity contribution in [2.75, 3.05) is 41.7 Å². The number of morpholine rings is 1. The van der Waals surface area contributed by atoms with Crippen molar-refractivity contribution in [2.45, 2.75) is 45.3 Å². The van der Waals surface area contributed by atoms with Crippen LogP contribution in [0.3, 0.4) is 0 Å². The lowest BCUT2D eigenvalue weighted by Gasteiger charge is -2.36. The highest BCUT2D eigenvalue weighted by atomic mass is 16.6. The van der Waals surface area contributed by atoms with Crippen molar-refractivity contribution in [1.29, 1.82) is 0 Å². The Bertz CT molecular complexity index is 907. The van der Waals surface area contributed by atoms with Crippen LogP contribution in [0.2, 0.25) is 0 Å². The van der Waals surface area contributed by atoms with E-state index < -0.39 is 4.92 Å². The van der Waals surface area contributed by atoms with Gasteiger partial charge in [-0.05, 0) is 44.6 Å². The van der Waals surface area contributed by atoms with Crippen LogP contribution in [-0.2, 0) is 11.2 Å². The molecule has 2 saturated heterocycles. The van der Waals surface area contributed by atoms with Crippen molar-refractivity contribution >= 4 is 23.3 Å². The Morgan fingerprint density at radius 1 is 1.10 bits per heavy atom. The number of nitrogen functional groups attached to an aromatic ring is 1. The van der Waals surface area contributed by atoms with Crippen molar-refractivity contribution in [2.24, 2.45) is 5.92 Å². The number of aromatic nitrogens is 2. The lowest BCUT2D eigenvalue weighted by molar-refractivity contribution is -0.383. The van der Waals surface area contributed by atoms with E-state index in [-0.39, 0.29) is 23.7 Å². The minimum Gasteiger partial charge on any atom is -0.378 e. The molecule has 2 aliphatic heterocycles. The number of nitro groups is 1. The summed E-state index contributed by atoms with van der Waals surface area (Å²) in [7, 11) is 0. The van der Waals surface area contributed by atoms with Gasteiger partial charge in [0.1, 0.15) is 0 Å². The van der Waals surface area contributed by atoms with Crippen molar-refractivity contribution in [1.82, 2.24) is 9.97 Å². The third-order valence-electron chi connectivity index (χ3n) is 6.05. The van der Waals surface area contributed by atoms with Crippen molar-refractivity contribution < 1.29 is 9.66 Å². The maximum Gasteiger partial charge on any atom is 0.353 e. The van der Waals surface area contributed by atoms with Crippen LogP contribution in [0.1, 0.15) is 32.3 Å². The largest absolute Gasteiger partial charge is 0.378 e. The van der Waals surface area contributed by atoms with E-state index in [9.17, 15) is 10.1 Å². The Hall–Kier alpha value is -2.94. The first kappa shape index (κ1) is 21.3. The van der Waals surface area contributed by atoms with Crippen LogP contribution in [-0.4, -0.2) is 53.3 Å². The standard InChI is InChI=1S/C22H30N6O3/c1-15-13-27(14-16(2)31-15)22-24-20(23)19(28(29)30)21(25-22)26-10-8-18(9-11-26)12-17-6-4-3-5-7-17/h3-7,15-16,18H,8-14H2,1-2H3,(H2,23,24,25)/t15-,16-/m0/s1. The molecule has 31 heavy (non-hydrogen) atoms. The van der Waals surface area contributed by atoms with Crippen LogP contribution in [0.25, 0.3) is 0 Å². The molecule has 2 aromatic rings. The first-order chi connectivity index (χ1) is 14.9. The van der Waals surface area contributed by atoms with Gasteiger partial charge in [-0.15, -0.1) is 0 Å². The maximum absolute atomic E-state index is 11.8. The molecule has 0 bridgehead atoms. The Labute approximate surface area is 182 Å². The number of anilines is 3. The summed E-state index contributed by atoms with van der Waals surface area (Å²) in [6, 6.07) is 10.5. The van der Waals surface area contributed by atoms with Crippen LogP contribution in [0.15, 0.2) is 30.3 Å². The highest BCUT2D eigenvalue weighted by Crippen LogP contribution is 2.36. The zero-order valence-electron chi connectivity index (χ0n) is 18.1. The molecule has 2 aliphatic rings. The predicted molar refractivity (Wildman–Crippen MR) is 120 cm³/mol. The summed E-state index contributed by atoms with van der Waals surface area (Å²) in [5.74, 6) is 1.24. The van der Waals surface area contributed by atoms with Gasteiger partial charge in [0.15, 0.2) is 0 Å². The number of hydrogen-bond donors (Lipinski definition) is 1. The predicted octanol–water partition coefficient (Wildman–Crippen LogP) is 3.04. The molecule has 2 fully saturated rings. The number of benzene rings is 1. The van der Waals surface area contributed by atoms with E-state index >= 15 is 0 Å². The number of nitrogens with zero attached hydrogens (tertiary/aromatic N) is 5. The highest BCUT2D eigenvalue weighted by Gasteiger charge is 2.32. The molecule has 9 nitrogen and oxygen atoms in total. The van der Waals surface area contributed by atoms with E-state index in [4.69, 9.17) is 10.5 Å². The molecular formula is C22H30N6O3. The molecule has 3 heterocycles. The van der Waals surface area contributed by atoms with Gasteiger partial charge in [0.05, 0.1) is 17.1 Å². The molecule has 166 valence electrons. The van der Waals surface area contributed by atoms with Gasteiger partial charge in [0, 0.05) is 26.2 Å². The fraction of sp³-hybridized carbons (Fsp3) is 0.545. The zero-order chi connectivity index (χ0) is 22.0. The Morgan fingerprint density at radius 3 is 2.35 bits per heavy atom. The molecule has 1 aromatic carbocycles. The summed E-state index contributed by atoms with van der Waals surface area (Å²) in [6.45, 7) is 6.67. The monoisotopic (exact) mass is 426 g/mol. The average Bonchev–Trinajstić information content (AvgIpc) is 2.73. The Morgan fingerprint density at radius 2 is 1.74 bits per heavy atom. The Balaban J connectivity index is 1.54. The minimum atomic E-state index is -0.463. The molecule has 1 aromatic heterocycles. The summed E-state index contributed by atoms with van der Waals surface area (Å²) < 4.78 is 5.79. The summed E-state index contributed by atoms with van der Waals surface area (Å²) in [6.07, 6.45) is 2.99. The minimum absolute atomic E-state index is 0.0287. The van der Waals surface area contributed by atoms with E-state index in [1.807, 2.05) is 29.7 Å². The smallest absolute Gasteiger partial charge is 0.353 e. The number of nitrogens with two attached hydrogens (primary N) is 1. The van der Waals surface area contributed by atoms with Crippen LogP contribution in [0, 0.1) is 16.0 Å². The molecule has 0 spiro atoms. The fourth-order valence-electron chi connectivity index (χ4n) is 4.62. The first-order valence-corrected chi connectivity index (χ1v) is 10.9. The number of rotatable bonds is 5. The van der Waals surface area contributed by atoms with Gasteiger partial charge >= 0.3 is 5.69 Å². The lowest BCUT2D eigenvalue weighted by atomic mass is 9.90. The molecule has 0 unspecified atom stereocenters. The van der Waals surface area contributed by atoms with E-state index in [0.717, 1.165) is 19.3 Å². The summed E-state index contributed by atoms with van der Waals surface area (Å²) in [5.41, 5.74) is 7.19. The molecule has 0 saturated carbocycles. The molecule has 2 N–H and O–H groups in total. The van der Waals surface area contributed by atoms with Gasteiger partial charge in [-0.1, -0.05) is 30.3 Å². The van der Waals surface area contributed by atoms with Gasteiger partial charge in [-0.2, -0.15) is 9.97 Å². The summed E-state index contributed by atoms with van der Waals surface area (Å²) in [5, 5.41) is 11.8. The number of hydrogen-bond acceptors (Lipinski definition) is 8. The second kappa shape index (κ2) is 9.05. The Kier molecular flexibility index (Phi) is 6.22. The van der Waals surface area contributed by atoms with Crippen LogP contribution in [0.5, 0.6) is 0 Å². The van der Waals surface area contributed by atoms with Crippen molar-refractivity contribution in [3.8, 4) is 0 Å². The van der Waals surface area contributed by atoms with E-state index in [0.29, 0.717) is 43.9 Å². The molecule has 0 amide bonds. The van der Waals surface area contributed by atoms with Crippen molar-refractivity contribution in [3.63, 3.8) is 0 Å². The number of piperidine rings is 1. The molecular weight excluding hydrogens is 396 g/mol. The third kappa shape index (κ3) is 4.87. The van der Waals surface area contributed by atoms with Gasteiger partial charge in [0.25, 0.3) is 0 Å². The second-order valence-electron chi connectivity index (χ2n) is 8.62. The maximum atomic E-state index is 11.8. The lowest BCUT2D eigenvalue weighted by Crippen LogP contribution is -2.46. The number of ether oxygens (including phenoxy) is 1. The van der Waals surface area contributed by atoms with E-state index in [1.54, 1.807) is 0 Å². The van der Waals surface area contributed by atoms with Crippen LogP contribution >= 0.6 is 0 Å².